The highest BCUT2D eigenvalue weighted by Crippen LogP contribution is 2.16. The molecule has 21 heavy (non-hydrogen) atoms. The quantitative estimate of drug-likeness (QED) is 0.745. The third-order valence-electron chi connectivity index (χ3n) is 2.56. The van der Waals surface area contributed by atoms with Crippen LogP contribution in [0.15, 0.2) is 0 Å². The molecule has 0 unspecified atom stereocenters. The minimum absolute atomic E-state index is 0.439. The lowest BCUT2D eigenvalue weighted by Crippen LogP contribution is -2.25. The molecule has 0 radical (unpaired) electrons. The van der Waals surface area contributed by atoms with Crippen LogP contribution in [0.3, 0.4) is 0 Å². The topological polar surface area (TPSA) is 15.3 Å². The smallest absolute Gasteiger partial charge is 0.00239 e. The molecule has 0 aromatic carbocycles. The molecule has 0 heterocycles. The van der Waals surface area contributed by atoms with E-state index in [2.05, 4.69) is 93.5 Å². The predicted octanol–water partition coefficient (Wildman–Crippen LogP) is 5.29. The fraction of sp³-hybridized carbons (Fsp3) is 1.00. The summed E-state index contributed by atoms with van der Waals surface area (Å²) < 4.78 is 0. The van der Waals surface area contributed by atoms with Crippen LogP contribution in [0.2, 0.25) is 0 Å². The van der Waals surface area contributed by atoms with E-state index in [0.29, 0.717) is 16.2 Å². The maximum Gasteiger partial charge on any atom is 0.00239 e. The summed E-state index contributed by atoms with van der Waals surface area (Å²) in [6.45, 7) is 24.6. The molecule has 0 amide bonds. The predicted molar refractivity (Wildman–Crippen MR) is 101 cm³/mol. The Morgan fingerprint density at radius 2 is 1.05 bits per heavy atom. The van der Waals surface area contributed by atoms with Crippen LogP contribution in [0.1, 0.15) is 75.7 Å². The molecule has 0 aromatic rings. The molecule has 0 rings (SSSR count). The van der Waals surface area contributed by atoms with Gasteiger partial charge in [0.15, 0.2) is 0 Å². The Bertz CT molecular complexity index is 211. The van der Waals surface area contributed by atoms with Crippen LogP contribution in [0.5, 0.6) is 0 Å². The standard InChI is InChI=1S/C7H17N.C6H15N.C6H14/c1-7(2,3)6-8(4)5;1-6(2,3)5-7-4;1-5-6(2,3)4/h6H2,1-5H3;7H,5H2,1-4H3;5H2,1-4H3. The number of nitrogens with one attached hydrogen (secondary N) is 1. The SMILES string of the molecule is CCC(C)(C)C.CN(C)CC(C)(C)C.CNCC(C)(C)C. The Balaban J connectivity index is -0.000000234. The highest BCUT2D eigenvalue weighted by atomic mass is 15.1. The largest absolute Gasteiger partial charge is 0.319 e. The molecule has 0 aliphatic heterocycles. The molecule has 0 fully saturated rings. The van der Waals surface area contributed by atoms with E-state index in [1.807, 2.05) is 7.05 Å². The molecule has 2 heteroatoms. The van der Waals surface area contributed by atoms with Crippen molar-refractivity contribution in [2.75, 3.05) is 34.2 Å². The number of nitrogens with zero attached hydrogens (tertiary/aromatic N) is 1. The first-order chi connectivity index (χ1) is 9.04. The van der Waals surface area contributed by atoms with E-state index in [1.54, 1.807) is 0 Å². The average Bonchev–Trinajstić information content (AvgIpc) is 2.12. The van der Waals surface area contributed by atoms with Crippen molar-refractivity contribution >= 4 is 0 Å². The Labute approximate surface area is 137 Å². The van der Waals surface area contributed by atoms with Gasteiger partial charge in [-0.25, -0.2) is 0 Å². The van der Waals surface area contributed by atoms with Crippen LogP contribution in [-0.2, 0) is 0 Å². The maximum atomic E-state index is 3.11. The van der Waals surface area contributed by atoms with Crippen LogP contribution in [-0.4, -0.2) is 39.1 Å². The Morgan fingerprint density at radius 1 is 0.714 bits per heavy atom. The van der Waals surface area contributed by atoms with Gasteiger partial charge in [-0.15, -0.1) is 0 Å². The van der Waals surface area contributed by atoms with Crippen LogP contribution in [0.25, 0.3) is 0 Å². The summed E-state index contributed by atoms with van der Waals surface area (Å²) in [6, 6.07) is 0. The molecule has 0 spiro atoms. The zero-order valence-electron chi connectivity index (χ0n) is 17.6. The van der Waals surface area contributed by atoms with Gasteiger partial charge >= 0.3 is 0 Å². The van der Waals surface area contributed by atoms with E-state index in [-0.39, 0.29) is 0 Å². The zero-order valence-corrected chi connectivity index (χ0v) is 17.6. The van der Waals surface area contributed by atoms with Crippen molar-refractivity contribution in [2.45, 2.75) is 75.7 Å². The first kappa shape index (κ1) is 25.9. The summed E-state index contributed by atoms with van der Waals surface area (Å²) in [5, 5.41) is 3.11. The Kier molecular flexibility index (Phi) is 14.1. The lowest BCUT2D eigenvalue weighted by atomic mass is 9.94. The van der Waals surface area contributed by atoms with Gasteiger partial charge < -0.3 is 10.2 Å². The van der Waals surface area contributed by atoms with Gasteiger partial charge in [-0.1, -0.05) is 75.7 Å². The minimum atomic E-state index is 0.439. The molecule has 0 bridgehead atoms. The maximum absolute atomic E-state index is 3.11. The van der Waals surface area contributed by atoms with Gasteiger partial charge in [-0.3, -0.25) is 0 Å². The van der Waals surface area contributed by atoms with Crippen molar-refractivity contribution < 1.29 is 0 Å². The second-order valence-electron chi connectivity index (χ2n) is 9.80. The number of hydrogen-bond donors (Lipinski definition) is 1. The van der Waals surface area contributed by atoms with Crippen molar-refractivity contribution in [3.63, 3.8) is 0 Å². The van der Waals surface area contributed by atoms with Crippen LogP contribution in [0.4, 0.5) is 0 Å². The first-order valence-electron chi connectivity index (χ1n) is 8.33. The summed E-state index contributed by atoms with van der Waals surface area (Å²) in [4.78, 5) is 2.21. The molecule has 0 atom stereocenters. The molecule has 0 aliphatic rings. The van der Waals surface area contributed by atoms with E-state index >= 15 is 0 Å². The first-order valence-corrected chi connectivity index (χ1v) is 8.33. The van der Waals surface area contributed by atoms with Gasteiger partial charge in [0.05, 0.1) is 0 Å². The summed E-state index contributed by atoms with van der Waals surface area (Å²) in [7, 11) is 6.18. The molecule has 2 nitrogen and oxygen atoms in total. The van der Waals surface area contributed by atoms with E-state index in [4.69, 9.17) is 0 Å². The van der Waals surface area contributed by atoms with Crippen molar-refractivity contribution in [3.05, 3.63) is 0 Å². The van der Waals surface area contributed by atoms with Gasteiger partial charge in [0, 0.05) is 6.54 Å². The summed E-state index contributed by atoms with van der Waals surface area (Å²) in [5.41, 5.74) is 1.43. The average molecular weight is 303 g/mol. The fourth-order valence-electron chi connectivity index (χ4n) is 1.48. The van der Waals surface area contributed by atoms with Crippen molar-refractivity contribution in [2.24, 2.45) is 16.2 Å². The minimum Gasteiger partial charge on any atom is -0.319 e. The summed E-state index contributed by atoms with van der Waals surface area (Å²) in [5.74, 6) is 0. The molecule has 0 saturated heterocycles. The lowest BCUT2D eigenvalue weighted by molar-refractivity contribution is 0.263. The summed E-state index contributed by atoms with van der Waals surface area (Å²) >= 11 is 0. The molecule has 1 N–H and O–H groups in total. The Hall–Kier alpha value is -0.0800. The lowest BCUT2D eigenvalue weighted by Gasteiger charge is -2.22. The molecule has 0 aliphatic carbocycles. The van der Waals surface area contributed by atoms with Crippen LogP contribution >= 0.6 is 0 Å². The van der Waals surface area contributed by atoms with Crippen LogP contribution in [0, 0.1) is 16.2 Å². The highest BCUT2D eigenvalue weighted by Gasteiger charge is 2.09. The third kappa shape index (κ3) is 45.0. The number of hydrogen-bond acceptors (Lipinski definition) is 2. The molecule has 0 aromatic heterocycles. The highest BCUT2D eigenvalue weighted by molar-refractivity contribution is 4.63. The fourth-order valence-corrected chi connectivity index (χ4v) is 1.48. The third-order valence-corrected chi connectivity index (χ3v) is 2.56. The van der Waals surface area contributed by atoms with Crippen molar-refractivity contribution in [3.8, 4) is 0 Å². The molecule has 132 valence electrons. The van der Waals surface area contributed by atoms with E-state index in [9.17, 15) is 0 Å². The second-order valence-corrected chi connectivity index (χ2v) is 9.80. The van der Waals surface area contributed by atoms with Gasteiger partial charge in [-0.05, 0) is 43.9 Å². The van der Waals surface area contributed by atoms with Gasteiger partial charge in [0.25, 0.3) is 0 Å². The van der Waals surface area contributed by atoms with Gasteiger partial charge in [-0.2, -0.15) is 0 Å². The van der Waals surface area contributed by atoms with E-state index < -0.39 is 0 Å². The monoisotopic (exact) mass is 302 g/mol. The molecule has 0 saturated carbocycles. The van der Waals surface area contributed by atoms with Crippen molar-refractivity contribution in [1.82, 2.24) is 10.2 Å². The molecular weight excluding hydrogens is 256 g/mol. The van der Waals surface area contributed by atoms with E-state index in [0.717, 1.165) is 13.1 Å². The Morgan fingerprint density at radius 3 is 1.05 bits per heavy atom. The van der Waals surface area contributed by atoms with Crippen molar-refractivity contribution in [1.29, 1.82) is 0 Å². The zero-order chi connectivity index (χ0) is 17.9. The van der Waals surface area contributed by atoms with E-state index in [1.165, 1.54) is 6.42 Å². The van der Waals surface area contributed by atoms with Crippen LogP contribution < -0.4 is 5.32 Å². The molecular formula is C19H46N2. The second kappa shape index (κ2) is 11.5. The summed E-state index contributed by atoms with van der Waals surface area (Å²) in [6.07, 6.45) is 1.27. The van der Waals surface area contributed by atoms with Gasteiger partial charge in [0.1, 0.15) is 0 Å². The number of rotatable bonds is 2. The van der Waals surface area contributed by atoms with Gasteiger partial charge in [0.2, 0.25) is 0 Å². The normalized spacial score (nSPS) is 12.3.